The molecule has 2 aliphatic heterocycles. The smallest absolute Gasteiger partial charge is 0.404 e. The van der Waals surface area contributed by atoms with Crippen LogP contribution in [0.5, 0.6) is 0 Å². The Morgan fingerprint density at radius 2 is 2.06 bits per heavy atom. The molecule has 3 heterocycles. The van der Waals surface area contributed by atoms with Gasteiger partial charge in [-0.15, -0.1) is 11.8 Å². The number of hydrogen-bond acceptors (Lipinski definition) is 12. The number of esters is 2. The quantitative estimate of drug-likeness (QED) is 0.147. The normalized spacial score (nSPS) is 22.1. The summed E-state index contributed by atoms with van der Waals surface area (Å²) < 4.78 is 19.9. The lowest BCUT2D eigenvalue weighted by molar-refractivity contribution is -0.189. The van der Waals surface area contributed by atoms with Crippen molar-refractivity contribution in [3.05, 3.63) is 35.1 Å². The van der Waals surface area contributed by atoms with Crippen molar-refractivity contribution in [3.63, 3.8) is 0 Å². The van der Waals surface area contributed by atoms with Gasteiger partial charge in [0, 0.05) is 19.4 Å². The number of ether oxygens (including phenoxy) is 3. The molecule has 35 heavy (non-hydrogen) atoms. The van der Waals surface area contributed by atoms with Crippen LogP contribution in [0.1, 0.15) is 19.6 Å². The van der Waals surface area contributed by atoms with E-state index in [-0.39, 0.29) is 23.7 Å². The van der Waals surface area contributed by atoms with Crippen molar-refractivity contribution in [3.8, 4) is 0 Å². The van der Waals surface area contributed by atoms with Crippen LogP contribution in [0.2, 0.25) is 0 Å². The SMILES string of the molecule is CO/N=C(\C(=O)N[C@@H]1C(=O)N2C(C(=O)OC(C)OC(C)=O)C(COC(N)=O)=CS[C@H]12)c1ccco1. The van der Waals surface area contributed by atoms with Gasteiger partial charge in [0.2, 0.25) is 17.9 Å². The van der Waals surface area contributed by atoms with Crippen LogP contribution in [-0.2, 0) is 38.2 Å². The van der Waals surface area contributed by atoms with Gasteiger partial charge in [-0.1, -0.05) is 5.16 Å². The van der Waals surface area contributed by atoms with E-state index in [9.17, 15) is 24.0 Å². The first-order valence-corrected chi connectivity index (χ1v) is 11.0. The van der Waals surface area contributed by atoms with Crippen LogP contribution in [-0.4, -0.2) is 77.9 Å². The van der Waals surface area contributed by atoms with Crippen LogP contribution < -0.4 is 11.1 Å². The van der Waals surface area contributed by atoms with E-state index in [0.29, 0.717) is 0 Å². The zero-order chi connectivity index (χ0) is 25.7. The lowest BCUT2D eigenvalue weighted by Gasteiger charge is -2.51. The molecule has 2 aliphatic rings. The van der Waals surface area contributed by atoms with E-state index in [2.05, 4.69) is 10.5 Å². The van der Waals surface area contributed by atoms with E-state index in [0.717, 1.165) is 23.6 Å². The molecule has 1 aromatic rings. The second-order valence-corrected chi connectivity index (χ2v) is 8.13. The topological polar surface area (TPSA) is 189 Å². The molecule has 3 rings (SSSR count). The van der Waals surface area contributed by atoms with Gasteiger partial charge in [-0.2, -0.15) is 0 Å². The van der Waals surface area contributed by atoms with Gasteiger partial charge in [0.15, 0.2) is 11.8 Å². The van der Waals surface area contributed by atoms with Gasteiger partial charge in [-0.3, -0.25) is 14.4 Å². The van der Waals surface area contributed by atoms with Gasteiger partial charge in [-0.25, -0.2) is 9.59 Å². The van der Waals surface area contributed by atoms with Crippen LogP contribution >= 0.6 is 11.8 Å². The predicted octanol–water partition coefficient (Wildman–Crippen LogP) is -0.170. The fraction of sp³-hybridized carbons (Fsp3) is 0.400. The molecule has 1 fully saturated rings. The predicted molar refractivity (Wildman–Crippen MR) is 117 cm³/mol. The van der Waals surface area contributed by atoms with E-state index in [4.69, 9.17) is 29.2 Å². The number of carbonyl (C=O) groups excluding carboxylic acids is 5. The van der Waals surface area contributed by atoms with Crippen LogP contribution in [0.3, 0.4) is 0 Å². The Morgan fingerprint density at radius 3 is 2.66 bits per heavy atom. The van der Waals surface area contributed by atoms with Crippen LogP contribution in [0, 0.1) is 0 Å². The highest BCUT2D eigenvalue weighted by Crippen LogP contribution is 2.40. The number of carbonyl (C=O) groups is 5. The highest BCUT2D eigenvalue weighted by atomic mass is 32.2. The fourth-order valence-corrected chi connectivity index (χ4v) is 4.58. The van der Waals surface area contributed by atoms with Crippen molar-refractivity contribution in [2.45, 2.75) is 37.6 Å². The third kappa shape index (κ3) is 5.74. The number of amides is 3. The van der Waals surface area contributed by atoms with Gasteiger partial charge in [0.1, 0.15) is 25.1 Å². The molecule has 3 amide bonds. The summed E-state index contributed by atoms with van der Waals surface area (Å²) in [6, 6.07) is 0.706. The first-order chi connectivity index (χ1) is 16.6. The van der Waals surface area contributed by atoms with Crippen molar-refractivity contribution in [1.29, 1.82) is 0 Å². The van der Waals surface area contributed by atoms with Gasteiger partial charge >= 0.3 is 18.0 Å². The monoisotopic (exact) mass is 510 g/mol. The Balaban J connectivity index is 1.79. The largest absolute Gasteiger partial charge is 0.462 e. The number of β-lactam (4-membered cyclic amide) rings is 1. The number of fused-ring (bicyclic) bond motifs is 1. The Bertz CT molecular complexity index is 1070. The highest BCUT2D eigenvalue weighted by Gasteiger charge is 2.56. The number of hydrogen-bond donors (Lipinski definition) is 2. The zero-order valence-electron chi connectivity index (χ0n) is 18.8. The van der Waals surface area contributed by atoms with E-state index < -0.39 is 53.6 Å². The van der Waals surface area contributed by atoms with E-state index in [1.54, 1.807) is 6.07 Å². The molecule has 188 valence electrons. The molecule has 14 nitrogen and oxygen atoms in total. The summed E-state index contributed by atoms with van der Waals surface area (Å²) in [7, 11) is 1.25. The lowest BCUT2D eigenvalue weighted by Crippen LogP contribution is -2.74. The van der Waals surface area contributed by atoms with Gasteiger partial charge < -0.3 is 39.4 Å². The Labute approximate surface area is 202 Å². The molecule has 1 aromatic heterocycles. The van der Waals surface area contributed by atoms with Crippen LogP contribution in [0.4, 0.5) is 4.79 Å². The maximum Gasteiger partial charge on any atom is 0.404 e. The average molecular weight is 510 g/mol. The number of nitrogens with two attached hydrogens (primary N) is 1. The Morgan fingerprint density at radius 1 is 1.31 bits per heavy atom. The lowest BCUT2D eigenvalue weighted by atomic mass is 9.98. The summed E-state index contributed by atoms with van der Waals surface area (Å²) >= 11 is 1.11. The van der Waals surface area contributed by atoms with Crippen molar-refractivity contribution < 1.29 is 47.4 Å². The molecule has 3 N–H and O–H groups in total. The molecule has 0 radical (unpaired) electrons. The molecule has 0 aliphatic carbocycles. The summed E-state index contributed by atoms with van der Waals surface area (Å²) in [6.07, 6.45) is -0.977. The summed E-state index contributed by atoms with van der Waals surface area (Å²) in [5.41, 5.74) is 5.03. The van der Waals surface area contributed by atoms with Crippen LogP contribution in [0.25, 0.3) is 0 Å². The fourth-order valence-electron chi connectivity index (χ4n) is 3.37. The van der Waals surface area contributed by atoms with Crippen molar-refractivity contribution in [1.82, 2.24) is 10.2 Å². The first kappa shape index (κ1) is 25.6. The van der Waals surface area contributed by atoms with Crippen LogP contribution in [0.15, 0.2) is 38.9 Å². The molecular weight excluding hydrogens is 488 g/mol. The second-order valence-electron chi connectivity index (χ2n) is 7.14. The number of nitrogens with one attached hydrogen (secondary N) is 1. The maximum absolute atomic E-state index is 13.0. The second kappa shape index (κ2) is 10.9. The molecule has 1 saturated heterocycles. The zero-order valence-corrected chi connectivity index (χ0v) is 19.6. The summed E-state index contributed by atoms with van der Waals surface area (Å²) in [5, 5.41) is 7.01. The molecular formula is C20H22N4O10S. The Hall–Kier alpha value is -4.01. The third-order valence-electron chi connectivity index (χ3n) is 4.73. The molecule has 2 unspecified atom stereocenters. The maximum atomic E-state index is 13.0. The van der Waals surface area contributed by atoms with Gasteiger partial charge in [-0.05, 0) is 17.5 Å². The minimum absolute atomic E-state index is 0.121. The number of furan rings is 1. The van der Waals surface area contributed by atoms with Crippen molar-refractivity contribution in [2.24, 2.45) is 10.9 Å². The number of oxime groups is 1. The molecule has 0 bridgehead atoms. The van der Waals surface area contributed by atoms with E-state index in [1.807, 2.05) is 0 Å². The Kier molecular flexibility index (Phi) is 8.01. The first-order valence-electron chi connectivity index (χ1n) is 10.1. The summed E-state index contributed by atoms with van der Waals surface area (Å²) in [5.74, 6) is -2.84. The summed E-state index contributed by atoms with van der Waals surface area (Å²) in [6.45, 7) is 2.07. The highest BCUT2D eigenvalue weighted by molar-refractivity contribution is 8.03. The van der Waals surface area contributed by atoms with E-state index in [1.165, 1.54) is 31.8 Å². The number of rotatable bonds is 9. The minimum Gasteiger partial charge on any atom is -0.462 e. The molecule has 0 aromatic carbocycles. The van der Waals surface area contributed by atoms with Gasteiger partial charge in [0.05, 0.1) is 6.26 Å². The number of primary amides is 1. The van der Waals surface area contributed by atoms with Crippen molar-refractivity contribution >= 4 is 47.3 Å². The molecule has 4 atom stereocenters. The average Bonchev–Trinajstić information content (AvgIpc) is 3.32. The number of nitrogens with zero attached hydrogens (tertiary/aromatic N) is 2. The van der Waals surface area contributed by atoms with Crippen molar-refractivity contribution in [2.75, 3.05) is 13.7 Å². The number of thioether (sulfide) groups is 1. The third-order valence-corrected chi connectivity index (χ3v) is 5.94. The molecule has 15 heteroatoms. The van der Waals surface area contributed by atoms with E-state index >= 15 is 0 Å². The molecule has 0 saturated carbocycles. The minimum atomic E-state index is -1.31. The van der Waals surface area contributed by atoms with Gasteiger partial charge in [0.25, 0.3) is 5.91 Å². The summed E-state index contributed by atoms with van der Waals surface area (Å²) in [4.78, 5) is 66.7. The molecule has 0 spiro atoms. The standard InChI is InChI=1S/C20H22N4O10S/c1-9(25)33-10(2)34-19(28)15-11(7-32-20(21)29)8-35-18-14(17(27)24(15)18)22-16(26)13(23-30-3)12-5-4-6-31-12/h4-6,8,10,14-15,18H,7H2,1-3H3,(H2,21,29)(H,22,26)/b23-13-/t10?,14-,15?,18-/m1/s1.